The number of hydrogen-bond donors (Lipinski definition) is 1. The molecule has 1 atom stereocenters. The highest BCUT2D eigenvalue weighted by atomic mass is 16.5. The van der Waals surface area contributed by atoms with Crippen molar-refractivity contribution in [2.75, 3.05) is 0 Å². The van der Waals surface area contributed by atoms with E-state index < -0.39 is 0 Å². The van der Waals surface area contributed by atoms with Gasteiger partial charge in [0.2, 0.25) is 0 Å². The van der Waals surface area contributed by atoms with E-state index in [-0.39, 0.29) is 11.5 Å². The number of nitrogens with zero attached hydrogens (tertiary/aromatic N) is 1. The van der Waals surface area contributed by atoms with Gasteiger partial charge >= 0.3 is 0 Å². The van der Waals surface area contributed by atoms with Crippen LogP contribution in [-0.4, -0.2) is 17.5 Å². The maximum absolute atomic E-state index is 11.0. The van der Waals surface area contributed by atoms with Crippen LogP contribution in [0.1, 0.15) is 32.2 Å². The van der Waals surface area contributed by atoms with Crippen LogP contribution in [0.2, 0.25) is 0 Å². The predicted molar refractivity (Wildman–Crippen MR) is 62.7 cm³/mol. The van der Waals surface area contributed by atoms with Crippen LogP contribution in [0.15, 0.2) is 17.2 Å². The Morgan fingerprint density at radius 3 is 2.62 bits per heavy atom. The van der Waals surface area contributed by atoms with Crippen LogP contribution >= 0.6 is 0 Å². The Kier molecular flexibility index (Phi) is 3.52. The van der Waals surface area contributed by atoms with Crippen LogP contribution in [0, 0.1) is 12.3 Å². The van der Waals surface area contributed by atoms with E-state index in [2.05, 4.69) is 17.1 Å². The summed E-state index contributed by atoms with van der Waals surface area (Å²) in [4.78, 5) is 11.0. The van der Waals surface area contributed by atoms with Crippen molar-refractivity contribution in [2.45, 2.75) is 33.7 Å². The van der Waals surface area contributed by atoms with Gasteiger partial charge in [-0.3, -0.25) is 0 Å². The largest absolute Gasteiger partial charge is 0.374 e. The normalized spacial score (nSPS) is 13.2. The van der Waals surface area contributed by atoms with Crippen LogP contribution in [0.3, 0.4) is 0 Å². The fourth-order valence-corrected chi connectivity index (χ4v) is 1.22. The van der Waals surface area contributed by atoms with Gasteiger partial charge in [0.1, 0.15) is 17.7 Å². The molecule has 1 aromatic heterocycles. The summed E-state index contributed by atoms with van der Waals surface area (Å²) >= 11 is 0. The summed E-state index contributed by atoms with van der Waals surface area (Å²) < 4.78 is 4.95. The Labute approximate surface area is 95.7 Å². The summed E-state index contributed by atoms with van der Waals surface area (Å²) in [5.41, 5.74) is 1.07. The van der Waals surface area contributed by atoms with Crippen LogP contribution in [-0.2, 0) is 4.79 Å². The summed E-state index contributed by atoms with van der Waals surface area (Å²) in [5.74, 6) is 0.719. The third-order valence-corrected chi connectivity index (χ3v) is 2.34. The summed E-state index contributed by atoms with van der Waals surface area (Å²) in [7, 11) is 0. The van der Waals surface area contributed by atoms with E-state index in [0.717, 1.165) is 12.0 Å². The number of carbonyl (C=O) groups excluding carboxylic acids is 1. The van der Waals surface area contributed by atoms with E-state index in [1.54, 1.807) is 6.07 Å². The molecule has 0 aromatic carbocycles. The van der Waals surface area contributed by atoms with Crippen molar-refractivity contribution >= 4 is 12.0 Å². The molecule has 0 fully saturated rings. The number of aldehydes is 1. The van der Waals surface area contributed by atoms with Crippen molar-refractivity contribution in [3.63, 3.8) is 0 Å². The highest BCUT2D eigenvalue weighted by molar-refractivity contribution is 5.66. The number of hydrogen-bond acceptors (Lipinski definition) is 4. The van der Waals surface area contributed by atoms with Crippen molar-refractivity contribution in [3.8, 4) is 0 Å². The van der Waals surface area contributed by atoms with Crippen LogP contribution < -0.4 is 5.32 Å². The lowest BCUT2D eigenvalue weighted by Gasteiger charge is -2.27. The van der Waals surface area contributed by atoms with Gasteiger partial charge in [0.05, 0.1) is 11.7 Å². The Morgan fingerprint density at radius 1 is 1.62 bits per heavy atom. The molecule has 0 amide bonds. The average molecular weight is 222 g/mol. The number of rotatable bonds is 4. The zero-order valence-electron chi connectivity index (χ0n) is 10.2. The highest BCUT2D eigenvalue weighted by Crippen LogP contribution is 2.20. The van der Waals surface area contributed by atoms with Crippen molar-refractivity contribution < 1.29 is 9.32 Å². The molecule has 1 rings (SSSR count). The molecular weight excluding hydrogens is 204 g/mol. The smallest absolute Gasteiger partial charge is 0.142 e. The van der Waals surface area contributed by atoms with Gasteiger partial charge in [0.15, 0.2) is 0 Å². The molecule has 1 aromatic rings. The molecule has 1 heterocycles. The van der Waals surface area contributed by atoms with Crippen molar-refractivity contribution in [1.29, 1.82) is 0 Å². The van der Waals surface area contributed by atoms with E-state index >= 15 is 0 Å². The molecular formula is C12H18N2O2. The van der Waals surface area contributed by atoms with Crippen molar-refractivity contribution in [2.24, 2.45) is 5.41 Å². The molecule has 88 valence electrons. The molecule has 0 saturated carbocycles. The van der Waals surface area contributed by atoms with Gasteiger partial charge in [-0.05, 0) is 12.3 Å². The van der Waals surface area contributed by atoms with Gasteiger partial charge in [-0.2, -0.15) is 0 Å². The molecule has 0 aliphatic rings. The first-order valence-corrected chi connectivity index (χ1v) is 5.19. The molecule has 0 saturated heterocycles. The van der Waals surface area contributed by atoms with Gasteiger partial charge in [0, 0.05) is 6.07 Å². The molecule has 16 heavy (non-hydrogen) atoms. The van der Waals surface area contributed by atoms with E-state index in [1.165, 1.54) is 0 Å². The average Bonchev–Trinajstić information content (AvgIpc) is 2.59. The van der Waals surface area contributed by atoms with Crippen LogP contribution in [0.5, 0.6) is 0 Å². The molecule has 0 aliphatic heterocycles. The minimum atomic E-state index is -0.294. The van der Waals surface area contributed by atoms with Gasteiger partial charge < -0.3 is 14.6 Å². The predicted octanol–water partition coefficient (Wildman–Crippen LogP) is 2.16. The van der Waals surface area contributed by atoms with Gasteiger partial charge in [0.25, 0.3) is 0 Å². The quantitative estimate of drug-likeness (QED) is 0.793. The number of nitrogens with one attached hydrogen (secondary N) is 1. The lowest BCUT2D eigenvalue weighted by atomic mass is 9.87. The second kappa shape index (κ2) is 4.51. The van der Waals surface area contributed by atoms with E-state index in [0.29, 0.717) is 11.4 Å². The Balaban J connectivity index is 2.74. The van der Waals surface area contributed by atoms with Crippen molar-refractivity contribution in [3.05, 3.63) is 24.1 Å². The SMILES string of the molecule is C=C(NC(C=O)C(C)(C)C)c1cc(C)on1. The van der Waals surface area contributed by atoms with Crippen molar-refractivity contribution in [1.82, 2.24) is 10.5 Å². The second-order valence-electron chi connectivity index (χ2n) is 4.93. The Hall–Kier alpha value is -1.58. The topological polar surface area (TPSA) is 55.1 Å². The number of aryl methyl sites for hydroxylation is 1. The van der Waals surface area contributed by atoms with E-state index in [1.807, 2.05) is 27.7 Å². The molecule has 0 radical (unpaired) electrons. The molecule has 4 heteroatoms. The molecule has 1 N–H and O–H groups in total. The summed E-state index contributed by atoms with van der Waals surface area (Å²) in [6.07, 6.45) is 0.887. The maximum Gasteiger partial charge on any atom is 0.142 e. The summed E-state index contributed by atoms with van der Waals surface area (Å²) in [5, 5.41) is 6.88. The third kappa shape index (κ3) is 2.95. The first-order chi connectivity index (χ1) is 7.34. The molecule has 0 bridgehead atoms. The molecule has 4 nitrogen and oxygen atoms in total. The Bertz CT molecular complexity index is 388. The monoisotopic (exact) mass is 222 g/mol. The molecule has 0 spiro atoms. The Morgan fingerprint density at radius 2 is 2.25 bits per heavy atom. The lowest BCUT2D eigenvalue weighted by Crippen LogP contribution is -2.40. The first kappa shape index (κ1) is 12.5. The minimum Gasteiger partial charge on any atom is -0.374 e. The highest BCUT2D eigenvalue weighted by Gasteiger charge is 2.24. The van der Waals surface area contributed by atoms with Crippen LogP contribution in [0.25, 0.3) is 5.70 Å². The zero-order valence-corrected chi connectivity index (χ0v) is 10.2. The van der Waals surface area contributed by atoms with Gasteiger partial charge in [-0.25, -0.2) is 0 Å². The second-order valence-corrected chi connectivity index (χ2v) is 4.93. The molecule has 0 aliphatic carbocycles. The summed E-state index contributed by atoms with van der Waals surface area (Å²) in [6, 6.07) is 1.48. The standard InChI is InChI=1S/C12H18N2O2/c1-8-6-10(14-16-8)9(2)13-11(7-15)12(3,4)5/h6-7,11,13H,2H2,1,3-5H3. The minimum absolute atomic E-state index is 0.163. The first-order valence-electron chi connectivity index (χ1n) is 5.19. The van der Waals surface area contributed by atoms with E-state index in [9.17, 15) is 4.79 Å². The fourth-order valence-electron chi connectivity index (χ4n) is 1.22. The zero-order chi connectivity index (χ0) is 12.3. The molecule has 1 unspecified atom stereocenters. The van der Waals surface area contributed by atoms with Gasteiger partial charge in [-0.15, -0.1) is 0 Å². The number of aromatic nitrogens is 1. The lowest BCUT2D eigenvalue weighted by molar-refractivity contribution is -0.111. The van der Waals surface area contributed by atoms with Crippen LogP contribution in [0.4, 0.5) is 0 Å². The fraction of sp³-hybridized carbons (Fsp3) is 0.500. The third-order valence-electron chi connectivity index (χ3n) is 2.34. The maximum atomic E-state index is 11.0. The van der Waals surface area contributed by atoms with Gasteiger partial charge in [-0.1, -0.05) is 32.5 Å². The summed E-state index contributed by atoms with van der Waals surface area (Å²) in [6.45, 7) is 11.6. The van der Waals surface area contributed by atoms with E-state index in [4.69, 9.17) is 4.52 Å². The number of carbonyl (C=O) groups is 1.